The van der Waals surface area contributed by atoms with E-state index >= 15 is 0 Å². The molecule has 0 N–H and O–H groups in total. The highest BCUT2D eigenvalue weighted by atomic mass is 32.1. The quantitative estimate of drug-likeness (QED) is 0.757. The third-order valence-electron chi connectivity index (χ3n) is 1.62. The number of pyridine rings is 1. The zero-order valence-electron chi connectivity index (χ0n) is 7.19. The Kier molecular flexibility index (Phi) is 2.39. The molecule has 0 aliphatic rings. The smallest absolute Gasteiger partial charge is 0.241 e. The Hall–Kier alpha value is -1.50. The Morgan fingerprint density at radius 3 is 2.60 bits per heavy atom. The molecule has 0 amide bonds. The van der Waals surface area contributed by atoms with Crippen molar-refractivity contribution in [2.75, 3.05) is 0 Å². The van der Waals surface area contributed by atoms with Crippen LogP contribution in [0.5, 0.6) is 0 Å². The predicted molar refractivity (Wildman–Crippen MR) is 48.1 cm³/mol. The minimum absolute atomic E-state index is 0.187. The minimum Gasteiger partial charge on any atom is -0.241 e. The van der Waals surface area contributed by atoms with Crippen LogP contribution in [0.3, 0.4) is 0 Å². The Bertz CT molecular complexity index is 452. The lowest BCUT2D eigenvalue weighted by Crippen LogP contribution is -2.07. The van der Waals surface area contributed by atoms with Crippen LogP contribution in [0.15, 0.2) is 23.7 Å². The van der Waals surface area contributed by atoms with Crippen molar-refractivity contribution < 1.29 is 13.2 Å². The Labute approximate surface area is 86.6 Å². The van der Waals surface area contributed by atoms with Gasteiger partial charge in [0.05, 0.1) is 0 Å². The molecule has 78 valence electrons. The van der Waals surface area contributed by atoms with E-state index in [2.05, 4.69) is 15.2 Å². The minimum atomic E-state index is -4.43. The van der Waals surface area contributed by atoms with E-state index in [4.69, 9.17) is 0 Å². The van der Waals surface area contributed by atoms with E-state index in [-0.39, 0.29) is 5.69 Å². The summed E-state index contributed by atoms with van der Waals surface area (Å²) in [6.45, 7) is 0. The number of rotatable bonds is 1. The van der Waals surface area contributed by atoms with Crippen molar-refractivity contribution in [1.29, 1.82) is 0 Å². The third-order valence-corrected chi connectivity index (χ3v) is 2.33. The molecule has 2 rings (SSSR count). The lowest BCUT2D eigenvalue weighted by Gasteiger charge is -2.05. The fourth-order valence-corrected chi connectivity index (χ4v) is 1.52. The normalized spacial score (nSPS) is 11.7. The number of alkyl halides is 3. The van der Waals surface area contributed by atoms with Crippen LogP contribution in [0, 0.1) is 0 Å². The van der Waals surface area contributed by atoms with Gasteiger partial charge < -0.3 is 0 Å². The number of hydrogen-bond acceptors (Lipinski definition) is 4. The van der Waals surface area contributed by atoms with Gasteiger partial charge in [0.15, 0.2) is 5.01 Å². The van der Waals surface area contributed by atoms with Gasteiger partial charge in [-0.05, 0) is 12.1 Å². The second-order valence-electron chi connectivity index (χ2n) is 2.65. The lowest BCUT2D eigenvalue weighted by molar-refractivity contribution is -0.141. The molecule has 0 saturated heterocycles. The van der Waals surface area contributed by atoms with E-state index in [9.17, 15) is 13.2 Å². The number of hydrogen-bond donors (Lipinski definition) is 0. The van der Waals surface area contributed by atoms with Gasteiger partial charge in [-0.3, -0.25) is 0 Å². The van der Waals surface area contributed by atoms with Crippen LogP contribution in [0.2, 0.25) is 0 Å². The molecule has 7 heteroatoms. The Balaban J connectivity index is 2.44. The van der Waals surface area contributed by atoms with Gasteiger partial charge in [0.1, 0.15) is 16.9 Å². The molecule has 2 aromatic rings. The predicted octanol–water partition coefficient (Wildman–Crippen LogP) is 2.62. The first-order valence-corrected chi connectivity index (χ1v) is 4.76. The highest BCUT2D eigenvalue weighted by molar-refractivity contribution is 7.12. The topological polar surface area (TPSA) is 38.7 Å². The third kappa shape index (κ3) is 2.12. The van der Waals surface area contributed by atoms with Gasteiger partial charge in [-0.15, -0.1) is 10.2 Å². The molecule has 3 nitrogen and oxygen atoms in total. The van der Waals surface area contributed by atoms with E-state index in [1.807, 2.05) is 0 Å². The molecule has 0 unspecified atom stereocenters. The van der Waals surface area contributed by atoms with Crippen molar-refractivity contribution in [3.8, 4) is 10.7 Å². The molecule has 0 aliphatic carbocycles. The first-order chi connectivity index (χ1) is 7.07. The SMILES string of the molecule is FC(F)(F)c1cccc(-c2nncs2)n1. The molecule has 0 radical (unpaired) electrons. The molecule has 0 aromatic carbocycles. The second kappa shape index (κ2) is 3.58. The van der Waals surface area contributed by atoms with E-state index in [0.717, 1.165) is 17.4 Å². The molecule has 2 heterocycles. The first-order valence-electron chi connectivity index (χ1n) is 3.88. The molecule has 15 heavy (non-hydrogen) atoms. The van der Waals surface area contributed by atoms with E-state index in [0.29, 0.717) is 5.01 Å². The molecular weight excluding hydrogens is 227 g/mol. The van der Waals surface area contributed by atoms with Crippen LogP contribution in [-0.2, 0) is 6.18 Å². The lowest BCUT2D eigenvalue weighted by atomic mass is 10.3. The summed E-state index contributed by atoms with van der Waals surface area (Å²) in [6.07, 6.45) is -4.43. The molecule has 0 saturated carbocycles. The van der Waals surface area contributed by atoms with Gasteiger partial charge in [-0.2, -0.15) is 13.2 Å². The van der Waals surface area contributed by atoms with Gasteiger partial charge in [-0.1, -0.05) is 17.4 Å². The summed E-state index contributed by atoms with van der Waals surface area (Å²) in [5, 5.41) is 7.56. The highest BCUT2D eigenvalue weighted by Crippen LogP contribution is 2.29. The van der Waals surface area contributed by atoms with Crippen LogP contribution in [0.1, 0.15) is 5.69 Å². The molecule has 2 aromatic heterocycles. The molecular formula is C8H4F3N3S. The van der Waals surface area contributed by atoms with Gasteiger partial charge >= 0.3 is 6.18 Å². The molecule has 0 fully saturated rings. The van der Waals surface area contributed by atoms with Crippen molar-refractivity contribution in [2.24, 2.45) is 0 Å². The fraction of sp³-hybridized carbons (Fsp3) is 0.125. The number of halogens is 3. The van der Waals surface area contributed by atoms with Crippen molar-refractivity contribution in [2.45, 2.75) is 6.18 Å². The monoisotopic (exact) mass is 231 g/mol. The summed E-state index contributed by atoms with van der Waals surface area (Å²) >= 11 is 1.14. The maximum Gasteiger partial charge on any atom is 0.433 e. The Morgan fingerprint density at radius 1 is 1.20 bits per heavy atom. The maximum atomic E-state index is 12.3. The zero-order chi connectivity index (χ0) is 10.9. The van der Waals surface area contributed by atoms with Gasteiger partial charge in [0, 0.05) is 0 Å². The van der Waals surface area contributed by atoms with Crippen molar-refractivity contribution in [1.82, 2.24) is 15.2 Å². The Morgan fingerprint density at radius 2 is 2.00 bits per heavy atom. The van der Waals surface area contributed by atoms with Crippen molar-refractivity contribution in [3.05, 3.63) is 29.4 Å². The van der Waals surface area contributed by atoms with Gasteiger partial charge in [0.2, 0.25) is 0 Å². The standard InChI is InChI=1S/C8H4F3N3S/c9-8(10,11)6-3-1-2-5(13-6)7-14-12-4-15-7/h1-4H. The summed E-state index contributed by atoms with van der Waals surface area (Å²) in [4.78, 5) is 3.47. The second-order valence-corrected chi connectivity index (χ2v) is 3.48. The van der Waals surface area contributed by atoms with E-state index in [1.54, 1.807) is 0 Å². The number of aromatic nitrogens is 3. The summed E-state index contributed by atoms with van der Waals surface area (Å²) in [5.74, 6) is 0. The summed E-state index contributed by atoms with van der Waals surface area (Å²) in [7, 11) is 0. The highest BCUT2D eigenvalue weighted by Gasteiger charge is 2.32. The van der Waals surface area contributed by atoms with E-state index in [1.165, 1.54) is 17.6 Å². The van der Waals surface area contributed by atoms with E-state index < -0.39 is 11.9 Å². The van der Waals surface area contributed by atoms with Crippen LogP contribution < -0.4 is 0 Å². The molecule has 0 atom stereocenters. The van der Waals surface area contributed by atoms with Crippen LogP contribution in [0.4, 0.5) is 13.2 Å². The van der Waals surface area contributed by atoms with Crippen LogP contribution in [-0.4, -0.2) is 15.2 Å². The van der Waals surface area contributed by atoms with Crippen LogP contribution >= 0.6 is 11.3 Å². The largest absolute Gasteiger partial charge is 0.433 e. The molecule has 0 spiro atoms. The summed E-state index contributed by atoms with van der Waals surface area (Å²) in [5.41, 5.74) is 0.708. The van der Waals surface area contributed by atoms with Gasteiger partial charge in [-0.25, -0.2) is 4.98 Å². The van der Waals surface area contributed by atoms with Crippen molar-refractivity contribution >= 4 is 11.3 Å². The first kappa shape index (κ1) is 10.0. The molecule has 0 aliphatic heterocycles. The fourth-order valence-electron chi connectivity index (χ4n) is 0.996. The van der Waals surface area contributed by atoms with Crippen LogP contribution in [0.25, 0.3) is 10.7 Å². The number of nitrogens with zero attached hydrogens (tertiary/aromatic N) is 3. The zero-order valence-corrected chi connectivity index (χ0v) is 8.01. The summed E-state index contributed by atoms with van der Waals surface area (Å²) < 4.78 is 36.9. The average Bonchev–Trinajstić information content (AvgIpc) is 2.69. The molecule has 0 bridgehead atoms. The average molecular weight is 231 g/mol. The van der Waals surface area contributed by atoms with Gasteiger partial charge in [0.25, 0.3) is 0 Å². The summed E-state index contributed by atoms with van der Waals surface area (Å²) in [6, 6.07) is 3.69. The maximum absolute atomic E-state index is 12.3. The van der Waals surface area contributed by atoms with Crippen molar-refractivity contribution in [3.63, 3.8) is 0 Å².